The van der Waals surface area contributed by atoms with Gasteiger partial charge in [-0.3, -0.25) is 18.5 Å². The minimum atomic E-state index is -4.07. The zero-order chi connectivity index (χ0) is 34.4. The first-order valence-electron chi connectivity index (χ1n) is 16.0. The van der Waals surface area contributed by atoms with Crippen molar-refractivity contribution in [1.29, 1.82) is 0 Å². The molecule has 0 radical (unpaired) electrons. The van der Waals surface area contributed by atoms with Crippen molar-refractivity contribution in [1.82, 2.24) is 14.7 Å². The average Bonchev–Trinajstić information content (AvgIpc) is 3.59. The first kappa shape index (κ1) is 33.8. The standard InChI is InChI=1S/C38H36FN3O6S/c1-49(45,46)48-37(34(29-17-9-4-10-18-29)30-19-11-20-31(39)23-30)32-21-12-22-42(32)38(44)35-36(43)33(47-26-28-15-7-3-8-16-28)25-41(40-35)24-27-13-5-2-6-14-27/h2-11,13-20,23,25,32,34,37H,12,21-22,24,26H2,1H3. The number of hydrogen-bond acceptors (Lipinski definition) is 7. The molecule has 3 atom stereocenters. The molecule has 1 saturated heterocycles. The summed E-state index contributed by atoms with van der Waals surface area (Å²) in [5, 5.41) is 4.49. The Morgan fingerprint density at radius 2 is 1.53 bits per heavy atom. The van der Waals surface area contributed by atoms with Crippen LogP contribution in [0.5, 0.6) is 5.75 Å². The van der Waals surface area contributed by atoms with Crippen LogP contribution in [0.3, 0.4) is 0 Å². The Morgan fingerprint density at radius 1 is 0.898 bits per heavy atom. The van der Waals surface area contributed by atoms with E-state index in [1.807, 2.05) is 78.9 Å². The van der Waals surface area contributed by atoms with Crippen molar-refractivity contribution in [2.75, 3.05) is 12.8 Å². The van der Waals surface area contributed by atoms with Crippen LogP contribution in [0.2, 0.25) is 0 Å². The highest BCUT2D eigenvalue weighted by molar-refractivity contribution is 7.86. The van der Waals surface area contributed by atoms with Gasteiger partial charge in [-0.1, -0.05) is 103 Å². The van der Waals surface area contributed by atoms with Crippen LogP contribution in [0.1, 0.15) is 51.5 Å². The molecular formula is C38H36FN3O6S. The minimum absolute atomic E-state index is 0.0419. The molecular weight excluding hydrogens is 645 g/mol. The van der Waals surface area contributed by atoms with E-state index in [1.54, 1.807) is 24.3 Å². The second kappa shape index (κ2) is 15.0. The second-order valence-electron chi connectivity index (χ2n) is 12.0. The number of likely N-dealkylation sites (tertiary alicyclic amines) is 1. The Balaban J connectivity index is 1.41. The monoisotopic (exact) mass is 681 g/mol. The second-order valence-corrected chi connectivity index (χ2v) is 13.6. The van der Waals surface area contributed by atoms with E-state index in [9.17, 15) is 22.4 Å². The van der Waals surface area contributed by atoms with Gasteiger partial charge < -0.3 is 9.64 Å². The van der Waals surface area contributed by atoms with Crippen molar-refractivity contribution in [3.05, 3.63) is 165 Å². The zero-order valence-corrected chi connectivity index (χ0v) is 27.7. The summed E-state index contributed by atoms with van der Waals surface area (Å²) in [6.45, 7) is 0.594. The number of aromatic nitrogens is 2. The van der Waals surface area contributed by atoms with Gasteiger partial charge in [-0.25, -0.2) is 4.39 Å². The van der Waals surface area contributed by atoms with Gasteiger partial charge >= 0.3 is 0 Å². The normalized spacial score (nSPS) is 15.9. The average molecular weight is 682 g/mol. The summed E-state index contributed by atoms with van der Waals surface area (Å²) in [6, 6.07) is 33.0. The smallest absolute Gasteiger partial charge is 0.278 e. The Kier molecular flexibility index (Phi) is 10.3. The third-order valence-electron chi connectivity index (χ3n) is 8.48. The van der Waals surface area contributed by atoms with Crippen LogP contribution in [0.4, 0.5) is 4.39 Å². The van der Waals surface area contributed by atoms with Gasteiger partial charge in [-0.05, 0) is 47.2 Å². The maximum Gasteiger partial charge on any atom is 0.278 e. The number of hydrogen-bond donors (Lipinski definition) is 0. The highest BCUT2D eigenvalue weighted by Crippen LogP contribution is 2.38. The van der Waals surface area contributed by atoms with Crippen molar-refractivity contribution in [3.8, 4) is 5.75 Å². The van der Waals surface area contributed by atoms with Crippen LogP contribution >= 0.6 is 0 Å². The van der Waals surface area contributed by atoms with Crippen molar-refractivity contribution in [3.63, 3.8) is 0 Å². The van der Waals surface area contributed by atoms with Crippen molar-refractivity contribution in [2.45, 2.75) is 44.1 Å². The van der Waals surface area contributed by atoms with Crippen LogP contribution in [0.15, 0.2) is 126 Å². The molecule has 0 N–H and O–H groups in total. The fourth-order valence-corrected chi connectivity index (χ4v) is 6.98. The molecule has 9 nitrogen and oxygen atoms in total. The summed E-state index contributed by atoms with van der Waals surface area (Å²) < 4.78 is 53.5. The van der Waals surface area contributed by atoms with Gasteiger partial charge in [-0.15, -0.1) is 0 Å². The maximum absolute atomic E-state index is 14.6. The summed E-state index contributed by atoms with van der Waals surface area (Å²) in [6.07, 6.45) is 2.20. The Labute approximate surface area is 284 Å². The Bertz CT molecular complexity index is 2060. The van der Waals surface area contributed by atoms with Crippen LogP contribution < -0.4 is 10.2 Å². The number of carbonyl (C=O) groups is 1. The van der Waals surface area contributed by atoms with Gasteiger partial charge in [0.05, 0.1) is 25.0 Å². The molecule has 1 aliphatic heterocycles. The molecule has 1 amide bonds. The molecule has 3 unspecified atom stereocenters. The summed E-state index contributed by atoms with van der Waals surface area (Å²) in [7, 11) is -4.07. The lowest BCUT2D eigenvalue weighted by Gasteiger charge is -2.36. The van der Waals surface area contributed by atoms with E-state index in [0.29, 0.717) is 24.0 Å². The maximum atomic E-state index is 14.6. The first-order chi connectivity index (χ1) is 23.7. The molecule has 1 fully saturated rings. The molecule has 0 spiro atoms. The fourth-order valence-electron chi connectivity index (χ4n) is 6.34. The Morgan fingerprint density at radius 3 is 2.18 bits per heavy atom. The number of ether oxygens (including phenoxy) is 1. The summed E-state index contributed by atoms with van der Waals surface area (Å²) in [4.78, 5) is 29.8. The van der Waals surface area contributed by atoms with Crippen LogP contribution in [-0.4, -0.2) is 54.0 Å². The van der Waals surface area contributed by atoms with Crippen LogP contribution in [-0.2, 0) is 27.5 Å². The predicted octanol–water partition coefficient (Wildman–Crippen LogP) is 5.79. The molecule has 5 aromatic rings. The molecule has 4 aromatic carbocycles. The van der Waals surface area contributed by atoms with E-state index in [0.717, 1.165) is 17.4 Å². The quantitative estimate of drug-likeness (QED) is 0.154. The third kappa shape index (κ3) is 8.30. The number of nitrogens with zero attached hydrogens (tertiary/aromatic N) is 3. The van der Waals surface area contributed by atoms with E-state index in [-0.39, 0.29) is 31.1 Å². The van der Waals surface area contributed by atoms with Gasteiger partial charge in [0, 0.05) is 12.5 Å². The molecule has 252 valence electrons. The summed E-state index contributed by atoms with van der Waals surface area (Å²) in [5.41, 5.74) is 1.87. The molecule has 0 aliphatic carbocycles. The fraction of sp³-hybridized carbons (Fsp3) is 0.237. The van der Waals surface area contributed by atoms with E-state index < -0.39 is 45.3 Å². The lowest BCUT2D eigenvalue weighted by molar-refractivity contribution is 0.0526. The van der Waals surface area contributed by atoms with Gasteiger partial charge in [-0.2, -0.15) is 13.5 Å². The lowest BCUT2D eigenvalue weighted by atomic mass is 9.82. The molecule has 1 aromatic heterocycles. The van der Waals surface area contributed by atoms with Crippen molar-refractivity contribution in [2.24, 2.45) is 0 Å². The lowest BCUT2D eigenvalue weighted by Crippen LogP contribution is -2.48. The van der Waals surface area contributed by atoms with Gasteiger partial charge in [0.15, 0.2) is 11.4 Å². The Hall–Kier alpha value is -5.13. The predicted molar refractivity (Wildman–Crippen MR) is 183 cm³/mol. The van der Waals surface area contributed by atoms with Gasteiger partial charge in [0.2, 0.25) is 0 Å². The topological polar surface area (TPSA) is 108 Å². The van der Waals surface area contributed by atoms with Gasteiger partial charge in [0.1, 0.15) is 18.5 Å². The number of rotatable bonds is 12. The van der Waals surface area contributed by atoms with E-state index in [1.165, 1.54) is 27.9 Å². The van der Waals surface area contributed by atoms with Crippen molar-refractivity contribution >= 4 is 16.0 Å². The summed E-state index contributed by atoms with van der Waals surface area (Å²) >= 11 is 0. The third-order valence-corrected chi connectivity index (χ3v) is 9.05. The van der Waals surface area contributed by atoms with E-state index in [2.05, 4.69) is 5.10 Å². The molecule has 0 bridgehead atoms. The molecule has 11 heteroatoms. The first-order valence-corrected chi connectivity index (χ1v) is 17.8. The molecule has 2 heterocycles. The number of amides is 1. The molecule has 49 heavy (non-hydrogen) atoms. The number of carbonyl (C=O) groups excluding carboxylic acids is 1. The molecule has 6 rings (SSSR count). The van der Waals surface area contributed by atoms with E-state index in [4.69, 9.17) is 8.92 Å². The van der Waals surface area contributed by atoms with Crippen LogP contribution in [0, 0.1) is 5.82 Å². The number of benzene rings is 4. The SMILES string of the molecule is CS(=O)(=O)OC(C(c1ccccc1)c1cccc(F)c1)C1CCCN1C(=O)c1nn(Cc2ccccc2)cc(OCc2ccccc2)c1=O. The highest BCUT2D eigenvalue weighted by atomic mass is 32.2. The van der Waals surface area contributed by atoms with Crippen molar-refractivity contribution < 1.29 is 26.5 Å². The largest absolute Gasteiger partial charge is 0.483 e. The molecule has 0 saturated carbocycles. The summed E-state index contributed by atoms with van der Waals surface area (Å²) in [5.74, 6) is -1.98. The van der Waals surface area contributed by atoms with E-state index >= 15 is 0 Å². The highest BCUT2D eigenvalue weighted by Gasteiger charge is 2.43. The molecule has 1 aliphatic rings. The minimum Gasteiger partial charge on any atom is -0.483 e. The van der Waals surface area contributed by atoms with Gasteiger partial charge in [0.25, 0.3) is 21.5 Å². The zero-order valence-electron chi connectivity index (χ0n) is 26.9. The number of halogens is 1. The van der Waals surface area contributed by atoms with Crippen LogP contribution in [0.25, 0.3) is 0 Å².